The minimum Gasteiger partial charge on any atom is -0.484 e. The number of benzene rings is 2. The molecule has 6 nitrogen and oxygen atoms in total. The Bertz CT molecular complexity index is 986. The third-order valence-electron chi connectivity index (χ3n) is 7.20. The Balaban J connectivity index is 1.45. The van der Waals surface area contributed by atoms with Gasteiger partial charge < -0.3 is 20.7 Å². The van der Waals surface area contributed by atoms with Crippen LogP contribution in [0.4, 0.5) is 5.69 Å². The summed E-state index contributed by atoms with van der Waals surface area (Å²) >= 11 is 6.58. The summed E-state index contributed by atoms with van der Waals surface area (Å²) in [6.07, 6.45) is 9.09. The first-order chi connectivity index (χ1) is 17.0. The van der Waals surface area contributed by atoms with Crippen molar-refractivity contribution >= 4 is 29.1 Å². The monoisotopic (exact) mass is 497 g/mol. The van der Waals surface area contributed by atoms with Gasteiger partial charge in [0.15, 0.2) is 6.61 Å². The van der Waals surface area contributed by atoms with E-state index in [9.17, 15) is 9.59 Å². The number of hydrogen-bond acceptors (Lipinski definition) is 4. The van der Waals surface area contributed by atoms with E-state index in [1.165, 1.54) is 6.42 Å². The van der Waals surface area contributed by atoms with E-state index in [0.29, 0.717) is 23.0 Å². The zero-order chi connectivity index (χ0) is 24.6. The first-order valence-electron chi connectivity index (χ1n) is 12.8. The maximum absolute atomic E-state index is 13.6. The highest BCUT2D eigenvalue weighted by Crippen LogP contribution is 2.32. The Morgan fingerprint density at radius 2 is 1.69 bits per heavy atom. The van der Waals surface area contributed by atoms with E-state index in [1.807, 2.05) is 41.3 Å². The number of ether oxygens (including phenoxy) is 1. The Hall–Kier alpha value is -2.57. The van der Waals surface area contributed by atoms with Crippen molar-refractivity contribution in [1.82, 2.24) is 4.90 Å². The zero-order valence-electron chi connectivity index (χ0n) is 20.3. The van der Waals surface area contributed by atoms with Gasteiger partial charge in [0.1, 0.15) is 5.75 Å². The molecule has 0 saturated heterocycles. The number of nitrogens with two attached hydrogens (primary N) is 1. The highest BCUT2D eigenvalue weighted by Gasteiger charge is 2.33. The number of carbonyl (C=O) groups excluding carboxylic acids is 2. The molecule has 0 aromatic heterocycles. The summed E-state index contributed by atoms with van der Waals surface area (Å²) in [5.41, 5.74) is 7.63. The second kappa shape index (κ2) is 12.4. The van der Waals surface area contributed by atoms with Crippen LogP contribution in [0.3, 0.4) is 0 Å². The molecule has 2 aromatic rings. The number of nitrogens with zero attached hydrogens (tertiary/aromatic N) is 1. The van der Waals surface area contributed by atoms with Gasteiger partial charge in [0.05, 0.1) is 0 Å². The normalized spacial score (nSPS) is 20.7. The van der Waals surface area contributed by atoms with Gasteiger partial charge in [-0.3, -0.25) is 9.59 Å². The van der Waals surface area contributed by atoms with Gasteiger partial charge in [-0.1, -0.05) is 49.1 Å². The molecule has 0 unspecified atom stereocenters. The molecule has 2 aliphatic carbocycles. The molecule has 0 radical (unpaired) electrons. The van der Waals surface area contributed by atoms with Crippen molar-refractivity contribution in [2.75, 3.05) is 11.9 Å². The Labute approximate surface area is 213 Å². The second-order valence-corrected chi connectivity index (χ2v) is 10.2. The van der Waals surface area contributed by atoms with Crippen LogP contribution < -0.4 is 15.8 Å². The van der Waals surface area contributed by atoms with Crippen LogP contribution in [0.15, 0.2) is 48.5 Å². The number of carbonyl (C=O) groups is 2. The fourth-order valence-corrected chi connectivity index (χ4v) is 5.38. The predicted octanol–water partition coefficient (Wildman–Crippen LogP) is 5.54. The molecular weight excluding hydrogens is 462 g/mol. The van der Waals surface area contributed by atoms with Crippen molar-refractivity contribution in [1.29, 1.82) is 0 Å². The van der Waals surface area contributed by atoms with E-state index in [-0.39, 0.29) is 36.4 Å². The lowest BCUT2D eigenvalue weighted by atomic mass is 9.85. The van der Waals surface area contributed by atoms with Gasteiger partial charge in [0.25, 0.3) is 5.91 Å². The molecule has 3 N–H and O–H groups in total. The molecule has 2 saturated carbocycles. The first kappa shape index (κ1) is 25.5. The number of para-hydroxylation sites is 1. The predicted molar refractivity (Wildman–Crippen MR) is 139 cm³/mol. The van der Waals surface area contributed by atoms with Crippen LogP contribution in [0.5, 0.6) is 5.75 Å². The maximum atomic E-state index is 13.6. The van der Waals surface area contributed by atoms with Crippen LogP contribution in [0.2, 0.25) is 5.02 Å². The molecule has 0 aliphatic heterocycles. The van der Waals surface area contributed by atoms with Crippen LogP contribution >= 0.6 is 11.6 Å². The minimum atomic E-state index is -0.251. The molecule has 0 bridgehead atoms. The van der Waals surface area contributed by atoms with Gasteiger partial charge in [-0.05, 0) is 74.4 Å². The fourth-order valence-electron chi connectivity index (χ4n) is 5.20. The summed E-state index contributed by atoms with van der Waals surface area (Å²) < 4.78 is 5.54. The maximum Gasteiger partial charge on any atom is 0.262 e. The lowest BCUT2D eigenvalue weighted by molar-refractivity contribution is -0.140. The van der Waals surface area contributed by atoms with Gasteiger partial charge in [-0.2, -0.15) is 0 Å². The molecule has 0 heterocycles. The largest absolute Gasteiger partial charge is 0.484 e. The van der Waals surface area contributed by atoms with Crippen LogP contribution in [-0.4, -0.2) is 35.4 Å². The number of nitrogens with one attached hydrogen (secondary N) is 1. The Kier molecular flexibility index (Phi) is 9.05. The molecule has 0 spiro atoms. The summed E-state index contributed by atoms with van der Waals surface area (Å²) in [5, 5.41) is 3.48. The van der Waals surface area contributed by atoms with Crippen molar-refractivity contribution in [3.63, 3.8) is 0 Å². The molecule has 188 valence electrons. The molecule has 4 rings (SSSR count). The number of amides is 2. The van der Waals surface area contributed by atoms with Gasteiger partial charge in [-0.25, -0.2) is 0 Å². The molecular formula is C28H36ClN3O3. The summed E-state index contributed by atoms with van der Waals surface area (Å²) in [6, 6.07) is 15.1. The second-order valence-electron chi connectivity index (χ2n) is 9.83. The Morgan fingerprint density at radius 3 is 2.40 bits per heavy atom. The summed E-state index contributed by atoms with van der Waals surface area (Å²) in [5.74, 6) is 0.727. The smallest absolute Gasteiger partial charge is 0.262 e. The van der Waals surface area contributed by atoms with Crippen LogP contribution in [0.1, 0.15) is 63.4 Å². The summed E-state index contributed by atoms with van der Waals surface area (Å²) in [6.45, 7) is 0.356. The number of halogens is 1. The van der Waals surface area contributed by atoms with Crippen molar-refractivity contribution < 1.29 is 14.3 Å². The van der Waals surface area contributed by atoms with E-state index in [1.54, 1.807) is 12.1 Å². The van der Waals surface area contributed by atoms with Gasteiger partial charge in [0.2, 0.25) is 5.91 Å². The lowest BCUT2D eigenvalue weighted by Crippen LogP contribution is -2.46. The third-order valence-corrected chi connectivity index (χ3v) is 7.57. The topological polar surface area (TPSA) is 84.7 Å². The molecule has 2 aromatic carbocycles. The van der Waals surface area contributed by atoms with E-state index in [4.69, 9.17) is 22.1 Å². The van der Waals surface area contributed by atoms with E-state index >= 15 is 0 Å². The van der Waals surface area contributed by atoms with E-state index in [0.717, 1.165) is 56.9 Å². The summed E-state index contributed by atoms with van der Waals surface area (Å²) in [4.78, 5) is 28.1. The van der Waals surface area contributed by atoms with E-state index in [2.05, 4.69) is 5.32 Å². The van der Waals surface area contributed by atoms with Crippen LogP contribution in [0.25, 0.3) is 0 Å². The van der Waals surface area contributed by atoms with Crippen molar-refractivity contribution in [3.05, 3.63) is 59.1 Å². The third kappa shape index (κ3) is 7.21. The summed E-state index contributed by atoms with van der Waals surface area (Å²) in [7, 11) is 0. The van der Waals surface area contributed by atoms with Crippen molar-refractivity contribution in [2.24, 2.45) is 11.7 Å². The zero-order valence-corrected chi connectivity index (χ0v) is 21.0. The average Bonchev–Trinajstić information content (AvgIpc) is 2.89. The number of anilines is 1. The standard InChI is InChI=1S/C28H36ClN3O3/c29-26-16-13-23(31-27(33)19-35-25-9-5-2-6-10-25)17-21(26)18-32(24-14-11-22(30)12-15-24)28(34)20-7-3-1-4-8-20/h2,5-6,9-10,13,16-17,20,22,24H,1,3-4,7-8,11-12,14-15,18-19,30H2,(H,31,33). The SMILES string of the molecule is NC1CCC(N(Cc2cc(NC(=O)COc3ccccc3)ccc2Cl)C(=O)C2CCCCC2)CC1. The molecule has 2 fully saturated rings. The first-order valence-corrected chi connectivity index (χ1v) is 13.2. The van der Waals surface area contributed by atoms with E-state index < -0.39 is 0 Å². The highest BCUT2D eigenvalue weighted by atomic mass is 35.5. The average molecular weight is 498 g/mol. The molecule has 35 heavy (non-hydrogen) atoms. The van der Waals surface area contributed by atoms with Crippen molar-refractivity contribution in [2.45, 2.75) is 76.4 Å². The van der Waals surface area contributed by atoms with Crippen molar-refractivity contribution in [3.8, 4) is 5.75 Å². The number of hydrogen-bond donors (Lipinski definition) is 2. The van der Waals surface area contributed by atoms with Gasteiger partial charge in [0, 0.05) is 35.3 Å². The highest BCUT2D eigenvalue weighted by molar-refractivity contribution is 6.31. The van der Waals surface area contributed by atoms with Crippen LogP contribution in [0, 0.1) is 5.92 Å². The molecule has 7 heteroatoms. The molecule has 0 atom stereocenters. The van der Waals surface area contributed by atoms with Crippen LogP contribution in [-0.2, 0) is 16.1 Å². The minimum absolute atomic E-state index is 0.0867. The number of rotatable bonds is 8. The Morgan fingerprint density at radius 1 is 0.971 bits per heavy atom. The quantitative estimate of drug-likeness (QED) is 0.501. The van der Waals surface area contributed by atoms with Gasteiger partial charge in [-0.15, -0.1) is 0 Å². The van der Waals surface area contributed by atoms with Gasteiger partial charge >= 0.3 is 0 Å². The molecule has 2 aliphatic rings. The fraction of sp³-hybridized carbons (Fsp3) is 0.500. The molecule has 2 amide bonds. The lowest BCUT2D eigenvalue weighted by Gasteiger charge is -2.39.